The fraction of sp³-hybridized carbons (Fsp3) is 0.269. The summed E-state index contributed by atoms with van der Waals surface area (Å²) >= 11 is 0. The van der Waals surface area contributed by atoms with Gasteiger partial charge in [0.1, 0.15) is 23.0 Å². The van der Waals surface area contributed by atoms with E-state index < -0.39 is 47.0 Å². The molecule has 37 heavy (non-hydrogen) atoms. The number of phenolic OH excluding ortho intramolecular Hbond substituents is 1. The van der Waals surface area contributed by atoms with E-state index in [1.807, 2.05) is 0 Å². The number of allylic oxidation sites excluding steroid dienone is 2. The summed E-state index contributed by atoms with van der Waals surface area (Å²) in [6, 6.07) is 5.61. The maximum absolute atomic E-state index is 12.8. The lowest BCUT2D eigenvalue weighted by molar-refractivity contribution is -0.263. The van der Waals surface area contributed by atoms with Gasteiger partial charge in [0, 0.05) is 35.4 Å². The highest BCUT2D eigenvalue weighted by Gasteiger charge is 2.62. The van der Waals surface area contributed by atoms with Crippen LogP contribution in [0.3, 0.4) is 0 Å². The molecular formula is C26H20O11. The molecule has 0 fully saturated rings. The molecule has 0 saturated heterocycles. The molecule has 6 rings (SSSR count). The van der Waals surface area contributed by atoms with Crippen molar-refractivity contribution in [1.29, 1.82) is 0 Å². The topological polar surface area (TPSA) is 162 Å². The summed E-state index contributed by atoms with van der Waals surface area (Å²) in [5, 5.41) is 33.9. The van der Waals surface area contributed by atoms with Crippen molar-refractivity contribution in [3.05, 3.63) is 74.5 Å². The minimum absolute atomic E-state index is 0.0110. The quantitative estimate of drug-likeness (QED) is 0.464. The SMILES string of the molecule is COC1=CC(=O)c2cc3c(cc2C1=O)O[C@]1(Oc2c(cc4cc(C)oc(=O)c4c2O)[C@@H](OC)[C@@H]1O)[C@@H]3O. The predicted molar refractivity (Wildman–Crippen MR) is 124 cm³/mol. The number of rotatable bonds is 2. The molecule has 2 aliphatic heterocycles. The number of hydrogen-bond donors (Lipinski definition) is 3. The molecule has 3 aromatic rings. The Morgan fingerprint density at radius 3 is 2.43 bits per heavy atom. The normalized spacial score (nSPS) is 25.8. The largest absolute Gasteiger partial charge is 0.504 e. The van der Waals surface area contributed by atoms with E-state index in [9.17, 15) is 29.7 Å². The Bertz CT molecular complexity index is 1630. The third kappa shape index (κ3) is 2.95. The summed E-state index contributed by atoms with van der Waals surface area (Å²) in [4.78, 5) is 37.9. The van der Waals surface area contributed by atoms with Gasteiger partial charge in [0.2, 0.25) is 5.78 Å². The van der Waals surface area contributed by atoms with Gasteiger partial charge in [-0.05, 0) is 36.6 Å². The van der Waals surface area contributed by atoms with Gasteiger partial charge < -0.3 is 38.7 Å². The number of aromatic hydroxyl groups is 1. The minimum Gasteiger partial charge on any atom is -0.504 e. The summed E-state index contributed by atoms with van der Waals surface area (Å²) < 4.78 is 27.5. The molecule has 0 unspecified atom stereocenters. The number of aliphatic hydroxyl groups is 2. The second-order valence-corrected chi connectivity index (χ2v) is 9.02. The van der Waals surface area contributed by atoms with Crippen LogP contribution < -0.4 is 15.1 Å². The van der Waals surface area contributed by atoms with E-state index in [1.54, 1.807) is 6.92 Å². The van der Waals surface area contributed by atoms with Gasteiger partial charge in [-0.3, -0.25) is 9.59 Å². The lowest BCUT2D eigenvalue weighted by Crippen LogP contribution is -2.59. The second kappa shape index (κ2) is 7.65. The Labute approximate surface area is 208 Å². The first kappa shape index (κ1) is 23.2. The van der Waals surface area contributed by atoms with Crippen molar-refractivity contribution in [3.8, 4) is 17.2 Å². The van der Waals surface area contributed by atoms with Crippen molar-refractivity contribution in [2.45, 2.75) is 31.0 Å². The number of ketones is 2. The van der Waals surface area contributed by atoms with E-state index in [0.29, 0.717) is 11.1 Å². The molecule has 1 spiro atoms. The van der Waals surface area contributed by atoms with Gasteiger partial charge in [-0.2, -0.15) is 0 Å². The first-order valence-corrected chi connectivity index (χ1v) is 11.2. The van der Waals surface area contributed by atoms with E-state index in [2.05, 4.69) is 0 Å². The molecule has 0 amide bonds. The summed E-state index contributed by atoms with van der Waals surface area (Å²) in [7, 11) is 2.57. The highest BCUT2D eigenvalue weighted by molar-refractivity contribution is 6.24. The minimum atomic E-state index is -2.25. The monoisotopic (exact) mass is 508 g/mol. The van der Waals surface area contributed by atoms with Crippen LogP contribution in [0.5, 0.6) is 17.2 Å². The van der Waals surface area contributed by atoms with Crippen LogP contribution in [0.15, 0.2) is 45.3 Å². The molecular weight excluding hydrogens is 488 g/mol. The number of benzene rings is 2. The highest BCUT2D eigenvalue weighted by atomic mass is 16.7. The van der Waals surface area contributed by atoms with Crippen LogP contribution in [0, 0.1) is 6.92 Å². The van der Waals surface area contributed by atoms with Crippen LogP contribution in [0.4, 0.5) is 0 Å². The number of Topliss-reactive ketones (excluding diaryl/α,β-unsaturated/α-hetero) is 1. The second-order valence-electron chi connectivity index (χ2n) is 9.02. The van der Waals surface area contributed by atoms with Gasteiger partial charge in [-0.1, -0.05) is 0 Å². The number of ether oxygens (including phenoxy) is 4. The van der Waals surface area contributed by atoms with E-state index in [-0.39, 0.29) is 44.9 Å². The van der Waals surface area contributed by atoms with Gasteiger partial charge >= 0.3 is 11.4 Å². The molecule has 0 saturated carbocycles. The number of carbonyl (C=O) groups is 2. The van der Waals surface area contributed by atoms with E-state index in [0.717, 1.165) is 6.08 Å². The summed E-state index contributed by atoms with van der Waals surface area (Å²) in [6.45, 7) is 1.58. The molecule has 11 nitrogen and oxygen atoms in total. The fourth-order valence-corrected chi connectivity index (χ4v) is 5.22. The van der Waals surface area contributed by atoms with Crippen LogP contribution in [0.2, 0.25) is 0 Å². The van der Waals surface area contributed by atoms with E-state index in [4.69, 9.17) is 23.4 Å². The average Bonchev–Trinajstić information content (AvgIpc) is 3.13. The Hall–Kier alpha value is -4.19. The lowest BCUT2D eigenvalue weighted by atomic mass is 9.86. The van der Waals surface area contributed by atoms with Gasteiger partial charge in [-0.15, -0.1) is 0 Å². The Kier molecular flexibility index (Phi) is 4.80. The molecule has 1 aromatic heterocycles. The maximum atomic E-state index is 12.8. The standard InChI is InChI=1S/C26H20O11/c1-9-4-10-5-14-21(20(29)18(10)25(32)35-9)37-26(24(31)22(14)34-3)23(30)13-6-11-12(7-16(13)36-26)19(28)17(33-2)8-15(11)27/h4-8,22-24,29-31H,1-3H3/t22-,23-,24+,26+/m1/s1. The number of hydrogen-bond acceptors (Lipinski definition) is 11. The molecule has 3 aliphatic rings. The number of fused-ring (bicyclic) bond motifs is 4. The smallest absolute Gasteiger partial charge is 0.347 e. The van der Waals surface area contributed by atoms with Crippen molar-refractivity contribution >= 4 is 22.3 Å². The molecule has 4 atom stereocenters. The van der Waals surface area contributed by atoms with E-state index >= 15 is 0 Å². The van der Waals surface area contributed by atoms with Gasteiger partial charge in [0.15, 0.2) is 35.2 Å². The zero-order valence-electron chi connectivity index (χ0n) is 19.7. The fourth-order valence-electron chi connectivity index (χ4n) is 5.22. The Balaban J connectivity index is 1.52. The summed E-state index contributed by atoms with van der Waals surface area (Å²) in [6.07, 6.45) is -3.46. The van der Waals surface area contributed by atoms with Crippen molar-refractivity contribution in [3.63, 3.8) is 0 Å². The van der Waals surface area contributed by atoms with Crippen molar-refractivity contribution in [2.75, 3.05) is 14.2 Å². The third-order valence-electron chi connectivity index (χ3n) is 6.96. The Morgan fingerprint density at radius 2 is 1.73 bits per heavy atom. The van der Waals surface area contributed by atoms with Crippen LogP contribution >= 0.6 is 0 Å². The van der Waals surface area contributed by atoms with Crippen molar-refractivity contribution in [1.82, 2.24) is 0 Å². The van der Waals surface area contributed by atoms with Crippen molar-refractivity contribution < 1.29 is 48.3 Å². The number of aliphatic hydroxyl groups excluding tert-OH is 2. The van der Waals surface area contributed by atoms with Crippen LogP contribution in [0.1, 0.15) is 49.8 Å². The van der Waals surface area contributed by atoms with Crippen LogP contribution in [0.25, 0.3) is 10.8 Å². The van der Waals surface area contributed by atoms with Crippen molar-refractivity contribution in [2.24, 2.45) is 0 Å². The molecule has 0 radical (unpaired) electrons. The van der Waals surface area contributed by atoms with Gasteiger partial charge in [0.25, 0.3) is 0 Å². The first-order chi connectivity index (χ1) is 17.6. The number of methoxy groups -OCH3 is 2. The summed E-state index contributed by atoms with van der Waals surface area (Å²) in [5.74, 6) is -4.04. The first-order valence-electron chi connectivity index (χ1n) is 11.2. The van der Waals surface area contributed by atoms with Crippen LogP contribution in [-0.4, -0.2) is 53.0 Å². The molecule has 190 valence electrons. The average molecular weight is 508 g/mol. The molecule has 11 heteroatoms. The molecule has 3 heterocycles. The summed E-state index contributed by atoms with van der Waals surface area (Å²) in [5.41, 5.74) is -0.526. The maximum Gasteiger partial charge on any atom is 0.347 e. The van der Waals surface area contributed by atoms with Gasteiger partial charge in [0.05, 0.1) is 7.11 Å². The zero-order valence-corrected chi connectivity index (χ0v) is 19.7. The third-order valence-corrected chi connectivity index (χ3v) is 6.96. The van der Waals surface area contributed by atoms with Crippen LogP contribution in [-0.2, 0) is 9.47 Å². The Morgan fingerprint density at radius 1 is 0.973 bits per heavy atom. The zero-order chi connectivity index (χ0) is 26.4. The molecule has 2 aromatic carbocycles. The lowest BCUT2D eigenvalue weighted by Gasteiger charge is -2.43. The van der Waals surface area contributed by atoms with E-state index in [1.165, 1.54) is 38.5 Å². The number of aryl methyl sites for hydroxylation is 1. The number of phenols is 1. The molecule has 1 aliphatic carbocycles. The molecule has 0 bridgehead atoms. The predicted octanol–water partition coefficient (Wildman–Crippen LogP) is 1.98. The molecule has 3 N–H and O–H groups in total. The number of carbonyl (C=O) groups excluding carboxylic acids is 2. The van der Waals surface area contributed by atoms with Gasteiger partial charge in [-0.25, -0.2) is 4.79 Å². The highest BCUT2D eigenvalue weighted by Crippen LogP contribution is 2.56.